The van der Waals surface area contributed by atoms with Gasteiger partial charge in [0.1, 0.15) is 11.7 Å². The molecule has 2 aromatic rings. The third kappa shape index (κ3) is 2.09. The molecule has 1 aliphatic heterocycles. The van der Waals surface area contributed by atoms with Crippen LogP contribution in [0.5, 0.6) is 0 Å². The summed E-state index contributed by atoms with van der Waals surface area (Å²) in [4.78, 5) is 2.02. The van der Waals surface area contributed by atoms with Crippen molar-refractivity contribution < 1.29 is 4.39 Å². The van der Waals surface area contributed by atoms with Crippen molar-refractivity contribution in [3.63, 3.8) is 0 Å². The predicted octanol–water partition coefficient (Wildman–Crippen LogP) is 3.78. The van der Waals surface area contributed by atoms with Gasteiger partial charge in [-0.2, -0.15) is 0 Å². The van der Waals surface area contributed by atoms with Crippen molar-refractivity contribution in [3.05, 3.63) is 70.0 Å². The van der Waals surface area contributed by atoms with Gasteiger partial charge in [-0.25, -0.2) is 4.39 Å². The monoisotopic (exact) mass is 268 g/mol. The molecule has 1 N–H and O–H groups in total. The maximum atomic E-state index is 13.7. The molecule has 0 unspecified atom stereocenters. The van der Waals surface area contributed by atoms with Crippen LogP contribution in [0.3, 0.4) is 0 Å². The smallest absolute Gasteiger partial charge is 0.129 e. The minimum atomic E-state index is -0.131. The van der Waals surface area contributed by atoms with Crippen LogP contribution < -0.4 is 0 Å². The number of aryl methyl sites for hydroxylation is 2. The molecule has 0 aromatic heterocycles. The molecule has 3 rings (SSSR count). The Kier molecular flexibility index (Phi) is 3.05. The zero-order valence-electron chi connectivity index (χ0n) is 11.7. The molecule has 0 bridgehead atoms. The summed E-state index contributed by atoms with van der Waals surface area (Å²) in [6.45, 7) is 4.98. The summed E-state index contributed by atoms with van der Waals surface area (Å²) in [5.74, 6) is 0.425. The minimum Gasteiger partial charge on any atom is -0.348 e. The van der Waals surface area contributed by atoms with E-state index in [1.54, 1.807) is 13.8 Å². The fraction of sp³-hybridized carbons (Fsp3) is 0.235. The largest absolute Gasteiger partial charge is 0.348 e. The van der Waals surface area contributed by atoms with Crippen LogP contribution >= 0.6 is 0 Å². The van der Waals surface area contributed by atoms with E-state index in [9.17, 15) is 4.39 Å². The van der Waals surface area contributed by atoms with Crippen LogP contribution in [0.25, 0.3) is 0 Å². The van der Waals surface area contributed by atoms with Gasteiger partial charge in [0.15, 0.2) is 0 Å². The Hall–Kier alpha value is -2.16. The Labute approximate surface area is 118 Å². The highest BCUT2D eigenvalue weighted by Gasteiger charge is 2.23. The van der Waals surface area contributed by atoms with Crippen LogP contribution in [0, 0.1) is 25.1 Å². The number of nitrogens with zero attached hydrogens (tertiary/aromatic N) is 1. The second-order valence-electron chi connectivity index (χ2n) is 5.41. The zero-order chi connectivity index (χ0) is 14.3. The lowest BCUT2D eigenvalue weighted by molar-refractivity contribution is 0.421. The molecule has 2 nitrogen and oxygen atoms in total. The number of amidine groups is 1. The lowest BCUT2D eigenvalue weighted by Gasteiger charge is -2.19. The number of fused-ring (bicyclic) bond motifs is 1. The average molecular weight is 268 g/mol. The van der Waals surface area contributed by atoms with Gasteiger partial charge in [0, 0.05) is 18.7 Å². The van der Waals surface area contributed by atoms with E-state index in [0.717, 1.165) is 17.7 Å². The quantitative estimate of drug-likeness (QED) is 0.881. The molecule has 0 atom stereocenters. The molecule has 0 aliphatic carbocycles. The third-order valence-corrected chi connectivity index (χ3v) is 3.82. The normalized spacial score (nSPS) is 13.8. The maximum absolute atomic E-state index is 13.7. The molecule has 1 aliphatic rings. The van der Waals surface area contributed by atoms with Gasteiger partial charge in [-0.15, -0.1) is 0 Å². The molecule has 0 amide bonds. The Morgan fingerprint density at radius 1 is 1.15 bits per heavy atom. The van der Waals surface area contributed by atoms with Crippen LogP contribution in [0.2, 0.25) is 0 Å². The molecule has 1 heterocycles. The number of hydrogen-bond acceptors (Lipinski definition) is 1. The fourth-order valence-electron chi connectivity index (χ4n) is 2.83. The van der Waals surface area contributed by atoms with E-state index in [-0.39, 0.29) is 5.82 Å². The zero-order valence-corrected chi connectivity index (χ0v) is 11.7. The maximum Gasteiger partial charge on any atom is 0.129 e. The topological polar surface area (TPSA) is 27.1 Å². The number of benzene rings is 2. The molecular weight excluding hydrogens is 251 g/mol. The van der Waals surface area contributed by atoms with Gasteiger partial charge in [0.25, 0.3) is 0 Å². The lowest BCUT2D eigenvalue weighted by atomic mass is 10.1. The Morgan fingerprint density at radius 3 is 2.45 bits per heavy atom. The van der Waals surface area contributed by atoms with Crippen LogP contribution in [-0.2, 0) is 13.1 Å². The van der Waals surface area contributed by atoms with Crippen molar-refractivity contribution >= 4 is 5.84 Å². The van der Waals surface area contributed by atoms with Gasteiger partial charge >= 0.3 is 0 Å². The van der Waals surface area contributed by atoms with Crippen molar-refractivity contribution in [2.24, 2.45) is 0 Å². The van der Waals surface area contributed by atoms with Crippen LogP contribution in [-0.4, -0.2) is 10.7 Å². The van der Waals surface area contributed by atoms with Gasteiger partial charge in [-0.05, 0) is 36.1 Å². The van der Waals surface area contributed by atoms with Crippen molar-refractivity contribution in [3.8, 4) is 0 Å². The number of nitrogens with one attached hydrogen (secondary N) is 1. The van der Waals surface area contributed by atoms with Gasteiger partial charge < -0.3 is 4.90 Å². The highest BCUT2D eigenvalue weighted by Crippen LogP contribution is 2.25. The highest BCUT2D eigenvalue weighted by molar-refractivity contribution is 6.00. The third-order valence-electron chi connectivity index (χ3n) is 3.82. The Bertz CT molecular complexity index is 668. The van der Waals surface area contributed by atoms with E-state index in [2.05, 4.69) is 6.07 Å². The summed E-state index contributed by atoms with van der Waals surface area (Å²) < 4.78 is 13.7. The Morgan fingerprint density at radius 2 is 1.80 bits per heavy atom. The number of hydrogen-bond donors (Lipinski definition) is 1. The summed E-state index contributed by atoms with van der Waals surface area (Å²) >= 11 is 0. The first-order chi connectivity index (χ1) is 9.56. The van der Waals surface area contributed by atoms with Crippen molar-refractivity contribution in [1.29, 1.82) is 5.41 Å². The number of halogens is 1. The first-order valence-corrected chi connectivity index (χ1v) is 6.73. The van der Waals surface area contributed by atoms with E-state index in [1.807, 2.05) is 35.2 Å². The Balaban J connectivity index is 1.86. The SMILES string of the molecule is Cc1cc(CN2Cc3ccccc3C2=N)cc(C)c1F. The molecule has 0 radical (unpaired) electrons. The van der Waals surface area contributed by atoms with Gasteiger partial charge in [-0.3, -0.25) is 5.41 Å². The van der Waals surface area contributed by atoms with E-state index in [4.69, 9.17) is 5.41 Å². The molecular formula is C17H17FN2. The summed E-state index contributed by atoms with van der Waals surface area (Å²) in [5, 5.41) is 8.24. The second kappa shape index (κ2) is 4.75. The van der Waals surface area contributed by atoms with Crippen molar-refractivity contribution in [2.75, 3.05) is 0 Å². The van der Waals surface area contributed by atoms with E-state index < -0.39 is 0 Å². The molecule has 0 saturated carbocycles. The highest BCUT2D eigenvalue weighted by atomic mass is 19.1. The van der Waals surface area contributed by atoms with Crippen molar-refractivity contribution in [2.45, 2.75) is 26.9 Å². The summed E-state index contributed by atoms with van der Waals surface area (Å²) in [6.07, 6.45) is 0. The van der Waals surface area contributed by atoms with Crippen LogP contribution in [0.15, 0.2) is 36.4 Å². The summed E-state index contributed by atoms with van der Waals surface area (Å²) in [5.41, 5.74) is 4.58. The molecule has 0 fully saturated rings. The van der Waals surface area contributed by atoms with E-state index >= 15 is 0 Å². The van der Waals surface area contributed by atoms with E-state index in [1.165, 1.54) is 5.56 Å². The van der Waals surface area contributed by atoms with Crippen molar-refractivity contribution in [1.82, 2.24) is 4.90 Å². The average Bonchev–Trinajstić information content (AvgIpc) is 2.73. The van der Waals surface area contributed by atoms with Crippen LogP contribution in [0.1, 0.15) is 27.8 Å². The summed E-state index contributed by atoms with van der Waals surface area (Å²) in [6, 6.07) is 11.8. The first kappa shape index (κ1) is 12.9. The van der Waals surface area contributed by atoms with Gasteiger partial charge in [0.05, 0.1) is 0 Å². The molecule has 102 valence electrons. The minimum absolute atomic E-state index is 0.131. The molecule has 0 saturated heterocycles. The second-order valence-corrected chi connectivity index (χ2v) is 5.41. The molecule has 0 spiro atoms. The lowest BCUT2D eigenvalue weighted by Crippen LogP contribution is -2.23. The van der Waals surface area contributed by atoms with Gasteiger partial charge in [-0.1, -0.05) is 36.4 Å². The molecule has 2 aromatic carbocycles. The van der Waals surface area contributed by atoms with E-state index in [0.29, 0.717) is 23.5 Å². The predicted molar refractivity (Wildman–Crippen MR) is 78.4 cm³/mol. The first-order valence-electron chi connectivity index (χ1n) is 6.73. The van der Waals surface area contributed by atoms with Crippen LogP contribution in [0.4, 0.5) is 4.39 Å². The number of rotatable bonds is 2. The standard InChI is InChI=1S/C17H17FN2/c1-11-7-13(8-12(2)16(11)18)9-20-10-14-5-3-4-6-15(14)17(20)19/h3-8,19H,9-10H2,1-2H3. The fourth-order valence-corrected chi connectivity index (χ4v) is 2.83. The molecule has 3 heteroatoms. The van der Waals surface area contributed by atoms with Gasteiger partial charge in [0.2, 0.25) is 0 Å². The molecule has 20 heavy (non-hydrogen) atoms. The summed E-state index contributed by atoms with van der Waals surface area (Å²) in [7, 11) is 0.